The van der Waals surface area contributed by atoms with Crippen LogP contribution in [-0.2, 0) is 14.3 Å². The van der Waals surface area contributed by atoms with Crippen LogP contribution in [0.5, 0.6) is 0 Å². The molecule has 0 radical (unpaired) electrons. The van der Waals surface area contributed by atoms with Gasteiger partial charge in [-0.1, -0.05) is 11.6 Å². The minimum atomic E-state index is -3.21. The molecule has 22 heavy (non-hydrogen) atoms. The molecule has 0 aliphatic carbocycles. The molecule has 6 nitrogen and oxygen atoms in total. The van der Waals surface area contributed by atoms with Crippen LogP contribution in [0.15, 0.2) is 0 Å². The van der Waals surface area contributed by atoms with Crippen LogP contribution in [0.2, 0.25) is 5.02 Å². The van der Waals surface area contributed by atoms with Gasteiger partial charge in [0.15, 0.2) is 0 Å². The Balaban J connectivity index is 3.06. The third kappa shape index (κ3) is 3.87. The van der Waals surface area contributed by atoms with Crippen molar-refractivity contribution in [3.63, 3.8) is 0 Å². The largest absolute Gasteiger partial charge is 0.468 e. The van der Waals surface area contributed by atoms with E-state index < -0.39 is 53.7 Å². The predicted octanol–water partition coefficient (Wildman–Crippen LogP) is 2.26. The second-order valence-electron chi connectivity index (χ2n) is 4.10. The van der Waals surface area contributed by atoms with Crippen molar-refractivity contribution in [2.24, 2.45) is 0 Å². The van der Waals surface area contributed by atoms with Crippen molar-refractivity contribution in [2.45, 2.75) is 25.8 Å². The fraction of sp³-hybridized carbons (Fsp3) is 0.545. The first kappa shape index (κ1) is 18.2. The minimum Gasteiger partial charge on any atom is -0.468 e. The quantitative estimate of drug-likeness (QED) is 0.634. The molecule has 0 aliphatic heterocycles. The highest BCUT2D eigenvalue weighted by Gasteiger charge is 2.31. The first-order valence-corrected chi connectivity index (χ1v) is 6.27. The van der Waals surface area contributed by atoms with E-state index in [2.05, 4.69) is 15.2 Å². The van der Waals surface area contributed by atoms with Crippen LogP contribution in [0, 0.1) is 0 Å². The van der Waals surface area contributed by atoms with Crippen LogP contribution < -0.4 is 5.32 Å². The lowest BCUT2D eigenvalue weighted by molar-refractivity contribution is -0.141. The number of ether oxygens (including phenoxy) is 1. The maximum Gasteiger partial charge on any atom is 0.325 e. The highest BCUT2D eigenvalue weighted by Crippen LogP contribution is 2.36. The molecule has 11 heteroatoms. The number of amides is 1. The van der Waals surface area contributed by atoms with Crippen LogP contribution in [-0.4, -0.2) is 35.3 Å². The molecule has 0 saturated carbocycles. The average molecular weight is 346 g/mol. The zero-order chi connectivity index (χ0) is 17.0. The number of halogens is 5. The highest BCUT2D eigenvalue weighted by molar-refractivity contribution is 6.32. The summed E-state index contributed by atoms with van der Waals surface area (Å²) >= 11 is 5.47. The third-order valence-corrected chi connectivity index (χ3v) is 3.09. The molecule has 0 fully saturated rings. The van der Waals surface area contributed by atoms with E-state index in [-0.39, 0.29) is 0 Å². The molecule has 1 N–H and O–H groups in total. The Bertz CT molecular complexity index is 565. The summed E-state index contributed by atoms with van der Waals surface area (Å²) in [6, 6.07) is -1.38. The number of esters is 1. The van der Waals surface area contributed by atoms with Gasteiger partial charge in [0.2, 0.25) is 5.91 Å². The molecule has 1 amide bonds. The molecule has 1 aromatic rings. The molecular formula is C11H12ClF4N3O3. The standard InChI is InChI=1S/C11H12ClF4N3O3/c1-4(11(21)17-3-5(20)22-2)19-8(10(15)16)6(12)7(18-19)9(13)14/h4,9-10H,3H2,1-2H3,(H,17,21). The van der Waals surface area contributed by atoms with Crippen LogP contribution in [0.4, 0.5) is 17.6 Å². The van der Waals surface area contributed by atoms with E-state index >= 15 is 0 Å². The summed E-state index contributed by atoms with van der Waals surface area (Å²) in [6.45, 7) is 0.650. The van der Waals surface area contributed by atoms with Crippen molar-refractivity contribution in [2.75, 3.05) is 13.7 Å². The monoisotopic (exact) mass is 345 g/mol. The number of aromatic nitrogens is 2. The zero-order valence-corrected chi connectivity index (χ0v) is 12.2. The number of carbonyl (C=O) groups excluding carboxylic acids is 2. The van der Waals surface area contributed by atoms with Crippen molar-refractivity contribution in [1.29, 1.82) is 0 Å². The lowest BCUT2D eigenvalue weighted by atomic mass is 10.3. The van der Waals surface area contributed by atoms with Crippen molar-refractivity contribution in [3.8, 4) is 0 Å². The van der Waals surface area contributed by atoms with E-state index in [1.165, 1.54) is 0 Å². The van der Waals surface area contributed by atoms with Crippen molar-refractivity contribution < 1.29 is 31.9 Å². The molecule has 0 aliphatic rings. The zero-order valence-electron chi connectivity index (χ0n) is 11.4. The minimum absolute atomic E-state index is 0.418. The smallest absolute Gasteiger partial charge is 0.325 e. The predicted molar refractivity (Wildman–Crippen MR) is 66.9 cm³/mol. The number of hydrogen-bond donors (Lipinski definition) is 1. The second kappa shape index (κ2) is 7.43. The fourth-order valence-electron chi connectivity index (χ4n) is 1.57. The van der Waals surface area contributed by atoms with E-state index in [0.717, 1.165) is 14.0 Å². The van der Waals surface area contributed by atoms with E-state index in [4.69, 9.17) is 11.6 Å². The summed E-state index contributed by atoms with van der Waals surface area (Å²) in [5.41, 5.74) is -2.03. The Kier molecular flexibility index (Phi) is 6.15. The molecule has 1 unspecified atom stereocenters. The Morgan fingerprint density at radius 3 is 2.36 bits per heavy atom. The average Bonchev–Trinajstić information content (AvgIpc) is 2.81. The Hall–Kier alpha value is -1.84. The lowest BCUT2D eigenvalue weighted by Crippen LogP contribution is -2.36. The summed E-state index contributed by atoms with van der Waals surface area (Å²) in [6.07, 6.45) is -6.38. The molecule has 124 valence electrons. The fourth-order valence-corrected chi connectivity index (χ4v) is 1.86. The Morgan fingerprint density at radius 2 is 1.91 bits per heavy atom. The van der Waals surface area contributed by atoms with Gasteiger partial charge in [0, 0.05) is 0 Å². The van der Waals surface area contributed by atoms with Gasteiger partial charge in [0.1, 0.15) is 24.0 Å². The summed E-state index contributed by atoms with van der Waals surface area (Å²) in [5, 5.41) is 4.49. The first-order valence-electron chi connectivity index (χ1n) is 5.89. The Labute approximate surface area is 127 Å². The summed E-state index contributed by atoms with van der Waals surface area (Å²) in [5.74, 6) is -1.64. The number of nitrogens with zero attached hydrogens (tertiary/aromatic N) is 2. The molecule has 0 saturated heterocycles. The van der Waals surface area contributed by atoms with E-state index in [9.17, 15) is 27.2 Å². The van der Waals surface area contributed by atoms with Crippen LogP contribution in [0.25, 0.3) is 0 Å². The van der Waals surface area contributed by atoms with Gasteiger partial charge in [-0.3, -0.25) is 9.59 Å². The summed E-state index contributed by atoms with van der Waals surface area (Å²) in [7, 11) is 1.09. The van der Waals surface area contributed by atoms with Crippen molar-refractivity contribution >= 4 is 23.5 Å². The molecule has 0 aromatic carbocycles. The number of rotatable bonds is 6. The van der Waals surface area contributed by atoms with Gasteiger partial charge in [0.25, 0.3) is 12.9 Å². The SMILES string of the molecule is COC(=O)CNC(=O)C(C)n1nc(C(F)F)c(Cl)c1C(F)F. The van der Waals surface area contributed by atoms with Crippen molar-refractivity contribution in [1.82, 2.24) is 15.1 Å². The number of hydrogen-bond acceptors (Lipinski definition) is 4. The molecule has 1 rings (SSSR count). The van der Waals surface area contributed by atoms with Crippen LogP contribution in [0.1, 0.15) is 37.2 Å². The van der Waals surface area contributed by atoms with Crippen molar-refractivity contribution in [3.05, 3.63) is 16.4 Å². The number of carbonyl (C=O) groups is 2. The first-order chi connectivity index (χ1) is 10.2. The summed E-state index contributed by atoms with van der Waals surface area (Å²) < 4.78 is 56.0. The van der Waals surface area contributed by atoms with Gasteiger partial charge in [0.05, 0.1) is 12.1 Å². The Morgan fingerprint density at radius 1 is 1.32 bits per heavy atom. The lowest BCUT2D eigenvalue weighted by Gasteiger charge is -2.15. The molecular weight excluding hydrogens is 334 g/mol. The summed E-state index contributed by atoms with van der Waals surface area (Å²) in [4.78, 5) is 22.7. The van der Waals surface area contributed by atoms with Gasteiger partial charge in [-0.2, -0.15) is 5.10 Å². The molecule has 1 heterocycles. The normalized spacial score (nSPS) is 12.6. The van der Waals surface area contributed by atoms with Gasteiger partial charge in [-0.25, -0.2) is 22.2 Å². The van der Waals surface area contributed by atoms with Crippen LogP contribution in [0.3, 0.4) is 0 Å². The highest BCUT2D eigenvalue weighted by atomic mass is 35.5. The van der Waals surface area contributed by atoms with E-state index in [1.807, 2.05) is 0 Å². The maximum absolute atomic E-state index is 13.0. The van der Waals surface area contributed by atoms with E-state index in [1.54, 1.807) is 0 Å². The number of methoxy groups -OCH3 is 1. The second-order valence-corrected chi connectivity index (χ2v) is 4.48. The van der Waals surface area contributed by atoms with E-state index in [0.29, 0.717) is 4.68 Å². The van der Waals surface area contributed by atoms with Gasteiger partial charge in [-0.15, -0.1) is 0 Å². The third-order valence-electron chi connectivity index (χ3n) is 2.71. The van der Waals surface area contributed by atoms with Gasteiger partial charge >= 0.3 is 5.97 Å². The van der Waals surface area contributed by atoms with Crippen LogP contribution >= 0.6 is 11.6 Å². The van der Waals surface area contributed by atoms with Gasteiger partial charge in [-0.05, 0) is 6.92 Å². The molecule has 1 aromatic heterocycles. The molecule has 0 spiro atoms. The molecule has 1 atom stereocenters. The topological polar surface area (TPSA) is 73.2 Å². The maximum atomic E-state index is 13.0. The number of nitrogens with one attached hydrogen (secondary N) is 1. The van der Waals surface area contributed by atoms with Gasteiger partial charge < -0.3 is 10.1 Å². The molecule has 0 bridgehead atoms. The number of alkyl halides is 4.